The zero-order chi connectivity index (χ0) is 13.7. The van der Waals surface area contributed by atoms with E-state index in [9.17, 15) is 4.79 Å². The molecule has 0 aliphatic carbocycles. The number of carbonyl (C=O) groups excluding carboxylic acids is 1. The summed E-state index contributed by atoms with van der Waals surface area (Å²) in [7, 11) is 0. The molecule has 2 rings (SSSR count). The zero-order valence-corrected chi connectivity index (χ0v) is 10.8. The zero-order valence-electron chi connectivity index (χ0n) is 10.8. The van der Waals surface area contributed by atoms with Gasteiger partial charge in [0, 0.05) is 23.9 Å². The van der Waals surface area contributed by atoms with Crippen LogP contribution in [-0.4, -0.2) is 22.3 Å². The Morgan fingerprint density at radius 2 is 2.21 bits per heavy atom. The van der Waals surface area contributed by atoms with Crippen LogP contribution < -0.4 is 11.1 Å². The number of Topliss-reactive ketones (excluding diaryl/α,β-unsaturated/α-hetero) is 1. The van der Waals surface area contributed by atoms with Crippen molar-refractivity contribution in [3.8, 4) is 0 Å². The van der Waals surface area contributed by atoms with Crippen LogP contribution in [0.2, 0.25) is 0 Å². The van der Waals surface area contributed by atoms with Crippen molar-refractivity contribution in [2.24, 2.45) is 5.73 Å². The van der Waals surface area contributed by atoms with Crippen molar-refractivity contribution in [2.75, 3.05) is 11.9 Å². The highest BCUT2D eigenvalue weighted by Crippen LogP contribution is 2.16. The van der Waals surface area contributed by atoms with E-state index in [2.05, 4.69) is 15.3 Å². The highest BCUT2D eigenvalue weighted by molar-refractivity contribution is 5.95. The van der Waals surface area contributed by atoms with Crippen molar-refractivity contribution in [2.45, 2.75) is 13.3 Å². The number of anilines is 2. The molecule has 0 unspecified atom stereocenters. The number of nitrogens with zero attached hydrogens (tertiary/aromatic N) is 2. The maximum Gasteiger partial charge on any atom is 0.159 e. The van der Waals surface area contributed by atoms with Gasteiger partial charge in [0.1, 0.15) is 11.6 Å². The molecule has 0 aliphatic heterocycles. The lowest BCUT2D eigenvalue weighted by atomic mass is 10.1. The second kappa shape index (κ2) is 6.06. The molecule has 0 fully saturated rings. The molecule has 0 atom stereocenters. The van der Waals surface area contributed by atoms with Crippen LogP contribution in [0.1, 0.15) is 23.1 Å². The lowest BCUT2D eigenvalue weighted by Gasteiger charge is -2.07. The highest BCUT2D eigenvalue weighted by Gasteiger charge is 2.02. The van der Waals surface area contributed by atoms with Crippen LogP contribution in [0, 0.1) is 0 Å². The second-order valence-corrected chi connectivity index (χ2v) is 4.16. The quantitative estimate of drug-likeness (QED) is 0.799. The second-order valence-electron chi connectivity index (χ2n) is 4.16. The molecule has 1 heterocycles. The molecule has 3 N–H and O–H groups in total. The number of ketones is 1. The van der Waals surface area contributed by atoms with E-state index in [1.165, 1.54) is 0 Å². The molecule has 5 heteroatoms. The summed E-state index contributed by atoms with van der Waals surface area (Å²) >= 11 is 0. The van der Waals surface area contributed by atoms with E-state index in [0.717, 1.165) is 5.69 Å². The summed E-state index contributed by atoms with van der Waals surface area (Å²) in [4.78, 5) is 19.8. The van der Waals surface area contributed by atoms with Gasteiger partial charge in [0.15, 0.2) is 5.78 Å². The summed E-state index contributed by atoms with van der Waals surface area (Å²) in [5.74, 6) is 1.43. The van der Waals surface area contributed by atoms with Crippen LogP contribution in [0.4, 0.5) is 11.5 Å². The normalized spacial score (nSPS) is 10.2. The van der Waals surface area contributed by atoms with Crippen LogP contribution >= 0.6 is 0 Å². The number of benzene rings is 1. The summed E-state index contributed by atoms with van der Waals surface area (Å²) in [6.07, 6.45) is 2.33. The average Bonchev–Trinajstić information content (AvgIpc) is 2.40. The van der Waals surface area contributed by atoms with Crippen molar-refractivity contribution in [1.82, 2.24) is 9.97 Å². The predicted molar refractivity (Wildman–Crippen MR) is 74.5 cm³/mol. The molecule has 0 saturated heterocycles. The topological polar surface area (TPSA) is 80.9 Å². The number of carbonyl (C=O) groups is 1. The van der Waals surface area contributed by atoms with E-state index < -0.39 is 0 Å². The highest BCUT2D eigenvalue weighted by atomic mass is 16.1. The van der Waals surface area contributed by atoms with Crippen LogP contribution in [-0.2, 0) is 6.42 Å². The van der Waals surface area contributed by atoms with Gasteiger partial charge in [0.25, 0.3) is 0 Å². The summed E-state index contributed by atoms with van der Waals surface area (Å²) < 4.78 is 0. The van der Waals surface area contributed by atoms with Gasteiger partial charge in [0.05, 0.1) is 0 Å². The molecule has 0 amide bonds. The number of rotatable bonds is 5. The van der Waals surface area contributed by atoms with Crippen molar-refractivity contribution in [1.29, 1.82) is 0 Å². The first kappa shape index (κ1) is 13.2. The Labute approximate surface area is 111 Å². The minimum Gasteiger partial charge on any atom is -0.340 e. The van der Waals surface area contributed by atoms with Crippen LogP contribution in [0.25, 0.3) is 0 Å². The van der Waals surface area contributed by atoms with Gasteiger partial charge in [-0.25, -0.2) is 9.97 Å². The van der Waals surface area contributed by atoms with E-state index in [0.29, 0.717) is 30.2 Å². The summed E-state index contributed by atoms with van der Waals surface area (Å²) in [6.45, 7) is 2.06. The van der Waals surface area contributed by atoms with Gasteiger partial charge in [-0.05, 0) is 31.7 Å². The molecule has 0 aliphatic rings. The van der Waals surface area contributed by atoms with Crippen molar-refractivity contribution >= 4 is 17.3 Å². The molecule has 1 aromatic heterocycles. The standard InChI is InChI=1S/C14H16N4O/c1-10(19)11-3-2-4-12(9-11)17-14-6-8-16-13(18-14)5-7-15/h2-4,6,8-9H,5,7,15H2,1H3,(H,16,17,18). The third-order valence-electron chi connectivity index (χ3n) is 2.61. The van der Waals surface area contributed by atoms with E-state index >= 15 is 0 Å². The van der Waals surface area contributed by atoms with Crippen molar-refractivity contribution in [3.63, 3.8) is 0 Å². The average molecular weight is 256 g/mol. The molecule has 98 valence electrons. The fourth-order valence-electron chi connectivity index (χ4n) is 1.68. The van der Waals surface area contributed by atoms with Crippen molar-refractivity contribution in [3.05, 3.63) is 47.9 Å². The Morgan fingerprint density at radius 1 is 1.37 bits per heavy atom. The fourth-order valence-corrected chi connectivity index (χ4v) is 1.68. The SMILES string of the molecule is CC(=O)c1cccc(Nc2ccnc(CCN)n2)c1. The summed E-state index contributed by atoms with van der Waals surface area (Å²) in [6, 6.07) is 9.08. The minimum atomic E-state index is 0.0372. The maximum absolute atomic E-state index is 11.3. The van der Waals surface area contributed by atoms with Gasteiger partial charge >= 0.3 is 0 Å². The molecule has 0 saturated carbocycles. The van der Waals surface area contributed by atoms with Gasteiger partial charge in [-0.15, -0.1) is 0 Å². The smallest absolute Gasteiger partial charge is 0.159 e. The maximum atomic E-state index is 11.3. The number of nitrogens with two attached hydrogens (primary N) is 1. The monoisotopic (exact) mass is 256 g/mol. The van der Waals surface area contributed by atoms with Crippen LogP contribution in [0.15, 0.2) is 36.5 Å². The Morgan fingerprint density at radius 3 is 2.95 bits per heavy atom. The lowest BCUT2D eigenvalue weighted by molar-refractivity contribution is 0.101. The fraction of sp³-hybridized carbons (Fsp3) is 0.214. The number of hydrogen-bond donors (Lipinski definition) is 2. The first-order chi connectivity index (χ1) is 9.19. The third kappa shape index (κ3) is 3.59. The first-order valence-electron chi connectivity index (χ1n) is 6.09. The largest absolute Gasteiger partial charge is 0.340 e. The van der Waals surface area contributed by atoms with Crippen LogP contribution in [0.5, 0.6) is 0 Å². The number of nitrogens with one attached hydrogen (secondary N) is 1. The Hall–Kier alpha value is -2.27. The predicted octanol–water partition coefficient (Wildman–Crippen LogP) is 1.92. The summed E-state index contributed by atoms with van der Waals surface area (Å²) in [5, 5.41) is 3.15. The molecule has 0 bridgehead atoms. The molecule has 1 aromatic carbocycles. The van der Waals surface area contributed by atoms with Crippen molar-refractivity contribution < 1.29 is 4.79 Å². The Kier molecular flexibility index (Phi) is 4.20. The first-order valence-corrected chi connectivity index (χ1v) is 6.09. The van der Waals surface area contributed by atoms with E-state index in [4.69, 9.17) is 5.73 Å². The molecule has 19 heavy (non-hydrogen) atoms. The Bertz CT molecular complexity index is 583. The molecule has 0 spiro atoms. The number of aromatic nitrogens is 2. The summed E-state index contributed by atoms with van der Waals surface area (Å²) in [5.41, 5.74) is 6.97. The molecular weight excluding hydrogens is 240 g/mol. The molecular formula is C14H16N4O. The molecule has 2 aromatic rings. The van der Waals surface area contributed by atoms with E-state index in [1.807, 2.05) is 12.1 Å². The van der Waals surface area contributed by atoms with Gasteiger partial charge in [-0.1, -0.05) is 12.1 Å². The van der Waals surface area contributed by atoms with Gasteiger partial charge in [-0.3, -0.25) is 4.79 Å². The van der Waals surface area contributed by atoms with Gasteiger partial charge in [-0.2, -0.15) is 0 Å². The molecule has 5 nitrogen and oxygen atoms in total. The number of hydrogen-bond acceptors (Lipinski definition) is 5. The Balaban J connectivity index is 2.18. The van der Waals surface area contributed by atoms with Crippen LogP contribution in [0.3, 0.4) is 0 Å². The van der Waals surface area contributed by atoms with E-state index in [-0.39, 0.29) is 5.78 Å². The molecule has 0 radical (unpaired) electrons. The van der Waals surface area contributed by atoms with E-state index in [1.54, 1.807) is 31.3 Å². The minimum absolute atomic E-state index is 0.0372. The lowest BCUT2D eigenvalue weighted by Crippen LogP contribution is -2.07. The third-order valence-corrected chi connectivity index (χ3v) is 2.61. The van der Waals surface area contributed by atoms with Gasteiger partial charge in [0.2, 0.25) is 0 Å². The van der Waals surface area contributed by atoms with Gasteiger partial charge < -0.3 is 11.1 Å².